The van der Waals surface area contributed by atoms with Crippen LogP contribution in [0, 0.1) is 0 Å². The van der Waals surface area contributed by atoms with Gasteiger partial charge in [-0.05, 0) is 55.5 Å². The molecule has 8 heteroatoms. The van der Waals surface area contributed by atoms with Gasteiger partial charge in [-0.25, -0.2) is 9.97 Å². The Labute approximate surface area is 177 Å². The summed E-state index contributed by atoms with van der Waals surface area (Å²) in [6.45, 7) is 1.28. The maximum atomic E-state index is 6.40. The molecular formula is C20H18Cl3N5. The van der Waals surface area contributed by atoms with Crippen LogP contribution in [0.4, 0.5) is 5.82 Å². The van der Waals surface area contributed by atoms with E-state index in [2.05, 4.69) is 25.6 Å². The summed E-state index contributed by atoms with van der Waals surface area (Å²) in [6.07, 6.45) is 2.11. The number of rotatable bonds is 4. The van der Waals surface area contributed by atoms with Crippen molar-refractivity contribution in [1.82, 2.24) is 19.4 Å². The van der Waals surface area contributed by atoms with Gasteiger partial charge in [0.15, 0.2) is 0 Å². The number of fused-ring (bicyclic) bond motifs is 3. The van der Waals surface area contributed by atoms with Crippen LogP contribution in [0.25, 0.3) is 21.8 Å². The fraction of sp³-hybridized carbons (Fsp3) is 0.200. The van der Waals surface area contributed by atoms with E-state index in [4.69, 9.17) is 40.5 Å². The van der Waals surface area contributed by atoms with Gasteiger partial charge in [-0.15, -0.1) is 0 Å². The molecule has 0 radical (unpaired) electrons. The SMILES string of the molecule is CN(C)Cc1cn(Cc2c(Cl)cccc2Cl)c2ccc3nc(Cl)nc(N)c3c12. The minimum Gasteiger partial charge on any atom is -0.383 e. The monoisotopic (exact) mass is 433 g/mol. The molecule has 144 valence electrons. The first kappa shape index (κ1) is 19.3. The highest BCUT2D eigenvalue weighted by atomic mass is 35.5. The molecule has 2 aromatic carbocycles. The Kier molecular flexibility index (Phi) is 5.10. The molecule has 0 amide bonds. The standard InChI is InChI=1S/C20H18Cl3N5/c1-27(2)8-11-9-28(10-12-13(21)4-3-5-14(12)22)16-7-6-15-18(17(11)16)19(24)26-20(23)25-15/h3-7,9H,8,10H2,1-2H3,(H2,24,25,26). The highest BCUT2D eigenvalue weighted by Crippen LogP contribution is 2.35. The Hall–Kier alpha value is -2.05. The Bertz CT molecular complexity index is 1180. The number of nitrogen functional groups attached to an aromatic ring is 1. The van der Waals surface area contributed by atoms with Crippen molar-refractivity contribution < 1.29 is 0 Å². The van der Waals surface area contributed by atoms with Gasteiger partial charge in [-0.3, -0.25) is 0 Å². The van der Waals surface area contributed by atoms with Gasteiger partial charge >= 0.3 is 0 Å². The normalized spacial score (nSPS) is 11.8. The quantitative estimate of drug-likeness (QED) is 0.446. The van der Waals surface area contributed by atoms with E-state index in [1.165, 1.54) is 0 Å². The van der Waals surface area contributed by atoms with E-state index in [0.29, 0.717) is 22.4 Å². The van der Waals surface area contributed by atoms with Crippen molar-refractivity contribution in [1.29, 1.82) is 0 Å². The molecule has 2 heterocycles. The molecule has 0 unspecified atom stereocenters. The van der Waals surface area contributed by atoms with E-state index in [1.54, 1.807) is 0 Å². The zero-order chi connectivity index (χ0) is 20.0. The number of halogens is 3. The third-order valence-electron chi connectivity index (χ3n) is 4.66. The fourth-order valence-electron chi connectivity index (χ4n) is 3.54. The molecule has 28 heavy (non-hydrogen) atoms. The van der Waals surface area contributed by atoms with Gasteiger partial charge in [0.25, 0.3) is 0 Å². The lowest BCUT2D eigenvalue weighted by atomic mass is 10.1. The fourth-order valence-corrected chi connectivity index (χ4v) is 4.24. The Balaban J connectivity index is 1.99. The van der Waals surface area contributed by atoms with Crippen LogP contribution >= 0.6 is 34.8 Å². The number of anilines is 1. The van der Waals surface area contributed by atoms with Crippen LogP contribution in [0.15, 0.2) is 36.5 Å². The molecule has 5 nitrogen and oxygen atoms in total. The largest absolute Gasteiger partial charge is 0.383 e. The van der Waals surface area contributed by atoms with Crippen molar-refractivity contribution in [2.75, 3.05) is 19.8 Å². The molecule has 0 fully saturated rings. The van der Waals surface area contributed by atoms with E-state index >= 15 is 0 Å². The van der Waals surface area contributed by atoms with E-state index < -0.39 is 0 Å². The molecule has 0 saturated carbocycles. The molecule has 0 saturated heterocycles. The van der Waals surface area contributed by atoms with Gasteiger partial charge in [-0.2, -0.15) is 0 Å². The number of aromatic nitrogens is 3. The van der Waals surface area contributed by atoms with Crippen LogP contribution in [-0.4, -0.2) is 33.5 Å². The van der Waals surface area contributed by atoms with Crippen molar-refractivity contribution in [3.05, 3.63) is 63.0 Å². The third kappa shape index (κ3) is 3.40. The third-order valence-corrected chi connectivity index (χ3v) is 5.54. The molecule has 0 spiro atoms. The van der Waals surface area contributed by atoms with E-state index in [1.807, 2.05) is 44.4 Å². The van der Waals surface area contributed by atoms with Gasteiger partial charge in [0.05, 0.1) is 17.4 Å². The lowest BCUT2D eigenvalue weighted by Crippen LogP contribution is -2.10. The summed E-state index contributed by atoms with van der Waals surface area (Å²) in [5, 5.41) is 3.24. The average Bonchev–Trinajstić information content (AvgIpc) is 2.94. The summed E-state index contributed by atoms with van der Waals surface area (Å²) in [5.41, 5.74) is 9.96. The van der Waals surface area contributed by atoms with Gasteiger partial charge in [0.2, 0.25) is 5.28 Å². The molecule has 0 bridgehead atoms. The van der Waals surface area contributed by atoms with Crippen molar-refractivity contribution >= 4 is 62.4 Å². The van der Waals surface area contributed by atoms with Gasteiger partial charge < -0.3 is 15.2 Å². The highest BCUT2D eigenvalue weighted by Gasteiger charge is 2.17. The second kappa shape index (κ2) is 7.41. The Morgan fingerprint density at radius 2 is 1.71 bits per heavy atom. The molecular weight excluding hydrogens is 417 g/mol. The molecule has 2 aromatic heterocycles. The number of hydrogen-bond donors (Lipinski definition) is 1. The first-order chi connectivity index (χ1) is 13.3. The van der Waals surface area contributed by atoms with Crippen LogP contribution in [0.5, 0.6) is 0 Å². The number of nitrogens with two attached hydrogens (primary N) is 1. The van der Waals surface area contributed by atoms with Crippen LogP contribution in [0.3, 0.4) is 0 Å². The Morgan fingerprint density at radius 3 is 2.39 bits per heavy atom. The zero-order valence-electron chi connectivity index (χ0n) is 15.4. The molecule has 4 rings (SSSR count). The first-order valence-corrected chi connectivity index (χ1v) is 9.79. The van der Waals surface area contributed by atoms with E-state index in [9.17, 15) is 0 Å². The lowest BCUT2D eigenvalue weighted by Gasteiger charge is -2.10. The number of benzene rings is 2. The molecule has 0 aliphatic heterocycles. The minimum atomic E-state index is 0.140. The number of hydrogen-bond acceptors (Lipinski definition) is 4. The average molecular weight is 435 g/mol. The van der Waals surface area contributed by atoms with Crippen molar-refractivity contribution in [2.45, 2.75) is 13.1 Å². The van der Waals surface area contributed by atoms with Crippen LogP contribution in [0.2, 0.25) is 15.3 Å². The predicted octanol–water partition coefficient (Wildman–Crippen LogP) is 5.24. The van der Waals surface area contributed by atoms with Crippen LogP contribution in [-0.2, 0) is 13.1 Å². The van der Waals surface area contributed by atoms with Crippen LogP contribution in [0.1, 0.15) is 11.1 Å². The lowest BCUT2D eigenvalue weighted by molar-refractivity contribution is 0.403. The summed E-state index contributed by atoms with van der Waals surface area (Å²) in [4.78, 5) is 10.6. The second-order valence-corrected chi connectivity index (χ2v) is 8.10. The topological polar surface area (TPSA) is 60.0 Å². The summed E-state index contributed by atoms with van der Waals surface area (Å²) >= 11 is 18.8. The summed E-state index contributed by atoms with van der Waals surface area (Å²) in [7, 11) is 4.05. The molecule has 0 aliphatic rings. The predicted molar refractivity (Wildman–Crippen MR) is 117 cm³/mol. The molecule has 0 atom stereocenters. The summed E-state index contributed by atoms with van der Waals surface area (Å²) < 4.78 is 2.13. The molecule has 4 aromatic rings. The minimum absolute atomic E-state index is 0.140. The van der Waals surface area contributed by atoms with Crippen LogP contribution < -0.4 is 5.73 Å². The zero-order valence-corrected chi connectivity index (χ0v) is 17.6. The maximum absolute atomic E-state index is 6.40. The van der Waals surface area contributed by atoms with Crippen molar-refractivity contribution in [3.63, 3.8) is 0 Å². The van der Waals surface area contributed by atoms with Gasteiger partial charge in [0, 0.05) is 39.3 Å². The first-order valence-electron chi connectivity index (χ1n) is 8.66. The van der Waals surface area contributed by atoms with E-state index in [0.717, 1.165) is 39.5 Å². The van der Waals surface area contributed by atoms with Gasteiger partial charge in [-0.1, -0.05) is 29.3 Å². The highest BCUT2D eigenvalue weighted by molar-refractivity contribution is 6.36. The number of nitrogens with zero attached hydrogens (tertiary/aromatic N) is 4. The van der Waals surface area contributed by atoms with Gasteiger partial charge in [0.1, 0.15) is 5.82 Å². The maximum Gasteiger partial charge on any atom is 0.224 e. The van der Waals surface area contributed by atoms with Crippen molar-refractivity contribution in [2.24, 2.45) is 0 Å². The summed E-state index contributed by atoms with van der Waals surface area (Å²) in [5.74, 6) is 0.370. The summed E-state index contributed by atoms with van der Waals surface area (Å²) in [6, 6.07) is 9.46. The molecule has 0 aliphatic carbocycles. The molecule has 2 N–H and O–H groups in total. The second-order valence-electron chi connectivity index (χ2n) is 6.95. The Morgan fingerprint density at radius 1 is 1.00 bits per heavy atom. The smallest absolute Gasteiger partial charge is 0.224 e. The van der Waals surface area contributed by atoms with E-state index in [-0.39, 0.29) is 5.28 Å². The van der Waals surface area contributed by atoms with Crippen molar-refractivity contribution in [3.8, 4) is 0 Å².